The van der Waals surface area contributed by atoms with Gasteiger partial charge in [-0.25, -0.2) is 4.98 Å². The van der Waals surface area contributed by atoms with E-state index in [1.807, 2.05) is 11.4 Å². The Morgan fingerprint density at radius 2 is 2.09 bits per heavy atom. The number of thiophene rings is 1. The second kappa shape index (κ2) is 5.68. The van der Waals surface area contributed by atoms with Gasteiger partial charge in [0.1, 0.15) is 0 Å². The zero-order valence-corrected chi connectivity index (χ0v) is 13.8. The second-order valence-corrected chi connectivity index (χ2v) is 7.12. The lowest BCUT2D eigenvalue weighted by atomic mass is 10.2. The lowest BCUT2D eigenvalue weighted by Crippen LogP contribution is -2.11. The highest BCUT2D eigenvalue weighted by molar-refractivity contribution is 7.17. The van der Waals surface area contributed by atoms with E-state index in [-0.39, 0.29) is 12.7 Å². The van der Waals surface area contributed by atoms with Crippen LogP contribution in [0.5, 0.6) is 11.5 Å². The van der Waals surface area contributed by atoms with E-state index in [9.17, 15) is 4.79 Å². The first-order valence-corrected chi connectivity index (χ1v) is 8.62. The molecule has 5 nitrogen and oxygen atoms in total. The Bertz CT molecular complexity index is 885. The maximum absolute atomic E-state index is 12.3. The monoisotopic (exact) mass is 344 g/mol. The van der Waals surface area contributed by atoms with Gasteiger partial charge in [-0.05, 0) is 37.3 Å². The van der Waals surface area contributed by atoms with Gasteiger partial charge in [-0.3, -0.25) is 10.1 Å². The molecule has 0 fully saturated rings. The van der Waals surface area contributed by atoms with Gasteiger partial charge in [0.2, 0.25) is 6.79 Å². The lowest BCUT2D eigenvalue weighted by Gasteiger charge is -2.03. The maximum Gasteiger partial charge on any atom is 0.257 e. The van der Waals surface area contributed by atoms with Crippen molar-refractivity contribution in [3.63, 3.8) is 0 Å². The quantitative estimate of drug-likeness (QED) is 0.775. The molecule has 0 unspecified atom stereocenters. The van der Waals surface area contributed by atoms with E-state index in [1.165, 1.54) is 16.2 Å². The van der Waals surface area contributed by atoms with Crippen LogP contribution in [0.4, 0.5) is 5.13 Å². The molecule has 0 bridgehead atoms. The number of aryl methyl sites for hydroxylation is 1. The molecule has 3 aromatic rings. The second-order valence-electron chi connectivity index (χ2n) is 4.97. The predicted octanol–water partition coefficient (Wildman–Crippen LogP) is 4.16. The van der Waals surface area contributed by atoms with E-state index in [2.05, 4.69) is 23.3 Å². The number of nitrogens with zero attached hydrogens (tertiary/aromatic N) is 1. The van der Waals surface area contributed by atoms with Crippen LogP contribution in [0.15, 0.2) is 35.7 Å². The van der Waals surface area contributed by atoms with E-state index in [1.54, 1.807) is 29.5 Å². The molecule has 0 aliphatic carbocycles. The van der Waals surface area contributed by atoms with Crippen molar-refractivity contribution in [2.24, 2.45) is 0 Å². The van der Waals surface area contributed by atoms with Crippen LogP contribution in [-0.4, -0.2) is 17.7 Å². The smallest absolute Gasteiger partial charge is 0.257 e. The topological polar surface area (TPSA) is 60.5 Å². The number of ether oxygens (including phenoxy) is 2. The van der Waals surface area contributed by atoms with Gasteiger partial charge in [-0.2, -0.15) is 0 Å². The largest absolute Gasteiger partial charge is 0.454 e. The van der Waals surface area contributed by atoms with E-state index < -0.39 is 0 Å². The third-order valence-corrected chi connectivity index (χ3v) is 5.13. The molecule has 1 aliphatic rings. The number of hydrogen-bond acceptors (Lipinski definition) is 6. The third kappa shape index (κ3) is 2.80. The number of carbonyl (C=O) groups is 1. The minimum Gasteiger partial charge on any atom is -0.454 e. The summed E-state index contributed by atoms with van der Waals surface area (Å²) < 4.78 is 10.5. The van der Waals surface area contributed by atoms with Crippen molar-refractivity contribution < 1.29 is 14.3 Å². The summed E-state index contributed by atoms with van der Waals surface area (Å²) in [6.07, 6.45) is 0. The summed E-state index contributed by atoms with van der Waals surface area (Å²) in [5.41, 5.74) is 1.40. The van der Waals surface area contributed by atoms with Crippen LogP contribution in [0, 0.1) is 6.92 Å². The van der Waals surface area contributed by atoms with E-state index in [0.29, 0.717) is 22.2 Å². The van der Waals surface area contributed by atoms with Crippen LogP contribution >= 0.6 is 22.7 Å². The zero-order chi connectivity index (χ0) is 15.8. The summed E-state index contributed by atoms with van der Waals surface area (Å²) in [6, 6.07) is 9.22. The van der Waals surface area contributed by atoms with Gasteiger partial charge in [0.25, 0.3) is 5.91 Å². The summed E-state index contributed by atoms with van der Waals surface area (Å²) in [6.45, 7) is 2.25. The molecule has 0 spiro atoms. The first-order valence-electron chi connectivity index (χ1n) is 6.92. The highest BCUT2D eigenvalue weighted by Gasteiger charge is 2.17. The SMILES string of the molecule is Cc1ccc(-c2csc(NC(=O)c3ccc4c(c3)OCO4)n2)s1. The van der Waals surface area contributed by atoms with Crippen molar-refractivity contribution in [1.29, 1.82) is 0 Å². The van der Waals surface area contributed by atoms with Crippen molar-refractivity contribution in [2.45, 2.75) is 6.92 Å². The molecule has 116 valence electrons. The van der Waals surface area contributed by atoms with Crippen LogP contribution in [0.25, 0.3) is 10.6 Å². The number of benzene rings is 1. The molecule has 0 saturated carbocycles. The minimum absolute atomic E-state index is 0.191. The number of hydrogen-bond donors (Lipinski definition) is 1. The number of nitrogens with one attached hydrogen (secondary N) is 1. The van der Waals surface area contributed by atoms with Gasteiger partial charge >= 0.3 is 0 Å². The molecule has 1 N–H and O–H groups in total. The van der Waals surface area contributed by atoms with Gasteiger partial charge in [0.15, 0.2) is 16.6 Å². The molecule has 2 aromatic heterocycles. The Morgan fingerprint density at radius 3 is 2.91 bits per heavy atom. The van der Waals surface area contributed by atoms with Crippen molar-refractivity contribution in [2.75, 3.05) is 12.1 Å². The number of aromatic nitrogens is 1. The number of anilines is 1. The Labute approximate surface area is 140 Å². The highest BCUT2D eigenvalue weighted by atomic mass is 32.1. The van der Waals surface area contributed by atoms with Gasteiger partial charge in [0, 0.05) is 15.8 Å². The molecule has 0 saturated heterocycles. The third-order valence-electron chi connectivity index (χ3n) is 3.35. The Balaban J connectivity index is 1.52. The molecular formula is C16H12N2O3S2. The van der Waals surface area contributed by atoms with Crippen molar-refractivity contribution in [1.82, 2.24) is 4.98 Å². The summed E-state index contributed by atoms with van der Waals surface area (Å²) in [7, 11) is 0. The minimum atomic E-state index is -0.216. The van der Waals surface area contributed by atoms with Gasteiger partial charge in [-0.1, -0.05) is 0 Å². The number of carbonyl (C=O) groups excluding carboxylic acids is 1. The average molecular weight is 344 g/mol. The van der Waals surface area contributed by atoms with Crippen LogP contribution < -0.4 is 14.8 Å². The molecular weight excluding hydrogens is 332 g/mol. The molecule has 7 heteroatoms. The fraction of sp³-hybridized carbons (Fsp3) is 0.125. The first kappa shape index (κ1) is 14.2. The highest BCUT2D eigenvalue weighted by Crippen LogP contribution is 2.33. The Hall–Kier alpha value is -2.38. The fourth-order valence-corrected chi connectivity index (χ4v) is 3.83. The Morgan fingerprint density at radius 1 is 1.22 bits per heavy atom. The van der Waals surface area contributed by atoms with Gasteiger partial charge < -0.3 is 9.47 Å². The average Bonchev–Trinajstić information content (AvgIpc) is 3.26. The maximum atomic E-state index is 12.3. The molecule has 23 heavy (non-hydrogen) atoms. The van der Waals surface area contributed by atoms with Crippen LogP contribution in [0.2, 0.25) is 0 Å². The van der Waals surface area contributed by atoms with Crippen LogP contribution in [-0.2, 0) is 0 Å². The molecule has 0 radical (unpaired) electrons. The van der Waals surface area contributed by atoms with Crippen molar-refractivity contribution >= 4 is 33.7 Å². The van der Waals surface area contributed by atoms with Crippen LogP contribution in [0.3, 0.4) is 0 Å². The lowest BCUT2D eigenvalue weighted by molar-refractivity contribution is 0.102. The predicted molar refractivity (Wildman–Crippen MR) is 90.7 cm³/mol. The number of fused-ring (bicyclic) bond motifs is 1. The fourth-order valence-electron chi connectivity index (χ4n) is 2.22. The zero-order valence-electron chi connectivity index (χ0n) is 12.2. The van der Waals surface area contributed by atoms with Gasteiger partial charge in [-0.15, -0.1) is 22.7 Å². The number of thiazole rings is 1. The normalized spacial score (nSPS) is 12.4. The van der Waals surface area contributed by atoms with Crippen molar-refractivity contribution in [3.8, 4) is 22.1 Å². The summed E-state index contributed by atoms with van der Waals surface area (Å²) >= 11 is 3.09. The summed E-state index contributed by atoms with van der Waals surface area (Å²) in [5, 5.41) is 5.35. The molecule has 1 aromatic carbocycles. The van der Waals surface area contributed by atoms with E-state index in [0.717, 1.165) is 10.6 Å². The number of amides is 1. The molecule has 1 amide bonds. The van der Waals surface area contributed by atoms with Crippen LogP contribution in [0.1, 0.15) is 15.2 Å². The molecule has 3 heterocycles. The first-order chi connectivity index (χ1) is 11.2. The van der Waals surface area contributed by atoms with Gasteiger partial charge in [0.05, 0.1) is 10.6 Å². The summed E-state index contributed by atoms with van der Waals surface area (Å²) in [5.74, 6) is 1.03. The molecule has 1 aliphatic heterocycles. The molecule has 0 atom stereocenters. The standard InChI is InChI=1S/C16H12N2O3S2/c1-9-2-5-14(23-9)11-7-22-16(17-11)18-15(19)10-3-4-12-13(6-10)21-8-20-12/h2-7H,8H2,1H3,(H,17,18,19). The number of rotatable bonds is 3. The summed E-state index contributed by atoms with van der Waals surface area (Å²) in [4.78, 5) is 19.1. The molecule has 4 rings (SSSR count). The Kier molecular flexibility index (Phi) is 3.51. The van der Waals surface area contributed by atoms with E-state index in [4.69, 9.17) is 9.47 Å². The van der Waals surface area contributed by atoms with E-state index >= 15 is 0 Å². The van der Waals surface area contributed by atoms with Crippen molar-refractivity contribution in [3.05, 3.63) is 46.2 Å².